The molecule has 0 atom stereocenters. The number of ketones is 1. The molecule has 1 nitrogen and oxygen atoms in total. The molecule has 2 aromatic rings. The van der Waals surface area contributed by atoms with E-state index in [0.29, 0.717) is 11.1 Å². The second kappa shape index (κ2) is 5.49. The van der Waals surface area contributed by atoms with Gasteiger partial charge in [-0.1, -0.05) is 35.9 Å². The summed E-state index contributed by atoms with van der Waals surface area (Å²) in [4.78, 5) is 12.0. The lowest BCUT2D eigenvalue weighted by molar-refractivity contribution is 0.0989. The van der Waals surface area contributed by atoms with Crippen molar-refractivity contribution in [3.8, 4) is 0 Å². The number of benzene rings is 2. The van der Waals surface area contributed by atoms with E-state index in [9.17, 15) is 13.6 Å². The third kappa shape index (κ3) is 2.82. The molecular formula is C15H11ClF2O. The van der Waals surface area contributed by atoms with Gasteiger partial charge in [-0.15, -0.1) is 0 Å². The molecule has 0 saturated heterocycles. The number of hydrogen-bond donors (Lipinski definition) is 0. The van der Waals surface area contributed by atoms with Crippen LogP contribution >= 0.6 is 11.6 Å². The first kappa shape index (κ1) is 13.7. The van der Waals surface area contributed by atoms with Crippen molar-refractivity contribution in [2.45, 2.75) is 13.3 Å². The number of halogens is 3. The Morgan fingerprint density at radius 3 is 2.58 bits per heavy atom. The van der Waals surface area contributed by atoms with E-state index in [2.05, 4.69) is 0 Å². The molecule has 0 aliphatic rings. The van der Waals surface area contributed by atoms with E-state index in [0.717, 1.165) is 0 Å². The minimum atomic E-state index is -0.586. The van der Waals surface area contributed by atoms with Gasteiger partial charge in [-0.05, 0) is 30.2 Å². The van der Waals surface area contributed by atoms with Crippen LogP contribution in [0.5, 0.6) is 0 Å². The van der Waals surface area contributed by atoms with E-state index in [1.807, 2.05) is 0 Å². The van der Waals surface area contributed by atoms with Gasteiger partial charge in [-0.2, -0.15) is 0 Å². The molecule has 0 bridgehead atoms. The molecule has 0 amide bonds. The van der Waals surface area contributed by atoms with Crippen LogP contribution in [0.1, 0.15) is 21.5 Å². The highest BCUT2D eigenvalue weighted by atomic mass is 35.5. The fourth-order valence-electron chi connectivity index (χ4n) is 1.82. The topological polar surface area (TPSA) is 17.1 Å². The first-order chi connectivity index (χ1) is 9.00. The fraction of sp³-hybridized carbons (Fsp3) is 0.133. The summed E-state index contributed by atoms with van der Waals surface area (Å²) in [5, 5.41) is -0.0936. The van der Waals surface area contributed by atoms with E-state index < -0.39 is 17.4 Å². The summed E-state index contributed by atoms with van der Waals surface area (Å²) < 4.78 is 27.1. The second-order valence-corrected chi connectivity index (χ2v) is 4.63. The molecule has 98 valence electrons. The van der Waals surface area contributed by atoms with Crippen molar-refractivity contribution >= 4 is 17.4 Å². The van der Waals surface area contributed by atoms with Crippen molar-refractivity contribution in [3.05, 3.63) is 69.7 Å². The molecule has 4 heteroatoms. The molecule has 0 N–H and O–H groups in total. The Morgan fingerprint density at radius 1 is 1.16 bits per heavy atom. The maximum Gasteiger partial charge on any atom is 0.170 e. The number of aryl methyl sites for hydroxylation is 1. The van der Waals surface area contributed by atoms with Crippen LogP contribution in [0.15, 0.2) is 36.4 Å². The molecule has 0 aliphatic heterocycles. The Morgan fingerprint density at radius 2 is 1.84 bits per heavy atom. The van der Waals surface area contributed by atoms with Gasteiger partial charge in [0.15, 0.2) is 5.78 Å². The maximum absolute atomic E-state index is 13.8. The molecule has 0 fully saturated rings. The Kier molecular flexibility index (Phi) is 3.96. The summed E-state index contributed by atoms with van der Waals surface area (Å²) in [5.41, 5.74) is 0.754. The Balaban J connectivity index is 2.31. The highest BCUT2D eigenvalue weighted by Gasteiger charge is 2.16. The fourth-order valence-corrected chi connectivity index (χ4v) is 2.01. The third-order valence-electron chi connectivity index (χ3n) is 2.87. The van der Waals surface area contributed by atoms with Crippen molar-refractivity contribution < 1.29 is 13.6 Å². The molecule has 0 aromatic heterocycles. The average Bonchev–Trinajstić information content (AvgIpc) is 2.38. The standard InChI is InChI=1S/C15H11ClF2O/c1-9-4-2-6-11(15(9)18)13(19)8-10-5-3-7-12(17)14(10)16/h2-7H,8H2,1H3. The number of rotatable bonds is 3. The first-order valence-electron chi connectivity index (χ1n) is 5.72. The van der Waals surface area contributed by atoms with E-state index in [1.165, 1.54) is 18.2 Å². The van der Waals surface area contributed by atoms with Gasteiger partial charge in [0, 0.05) is 6.42 Å². The molecular weight excluding hydrogens is 270 g/mol. The van der Waals surface area contributed by atoms with E-state index in [1.54, 1.807) is 25.1 Å². The largest absolute Gasteiger partial charge is 0.294 e. The van der Waals surface area contributed by atoms with Crippen molar-refractivity contribution in [3.63, 3.8) is 0 Å². The monoisotopic (exact) mass is 280 g/mol. The van der Waals surface area contributed by atoms with Crippen molar-refractivity contribution in [1.82, 2.24) is 0 Å². The predicted molar refractivity (Wildman–Crippen MR) is 70.6 cm³/mol. The highest BCUT2D eigenvalue weighted by Crippen LogP contribution is 2.22. The Bertz CT molecular complexity index is 638. The van der Waals surface area contributed by atoms with E-state index >= 15 is 0 Å². The normalized spacial score (nSPS) is 10.5. The molecule has 0 unspecified atom stereocenters. The lowest BCUT2D eigenvalue weighted by Crippen LogP contribution is -2.08. The summed E-state index contributed by atoms with van der Waals surface area (Å²) in [6.45, 7) is 1.58. The zero-order chi connectivity index (χ0) is 14.0. The predicted octanol–water partition coefficient (Wildman–Crippen LogP) is 4.35. The van der Waals surface area contributed by atoms with E-state index in [-0.39, 0.29) is 17.0 Å². The van der Waals surface area contributed by atoms with Gasteiger partial charge in [0.1, 0.15) is 11.6 Å². The minimum Gasteiger partial charge on any atom is -0.294 e. The average molecular weight is 281 g/mol. The molecule has 0 aliphatic carbocycles. The summed E-state index contributed by atoms with van der Waals surface area (Å²) in [5.74, 6) is -1.55. The highest BCUT2D eigenvalue weighted by molar-refractivity contribution is 6.31. The molecule has 2 aromatic carbocycles. The molecule has 19 heavy (non-hydrogen) atoms. The molecule has 0 radical (unpaired) electrons. The SMILES string of the molecule is Cc1cccc(C(=O)Cc2cccc(F)c2Cl)c1F. The van der Waals surface area contributed by atoms with Gasteiger partial charge in [-0.25, -0.2) is 8.78 Å². The van der Waals surface area contributed by atoms with E-state index in [4.69, 9.17) is 11.6 Å². The van der Waals surface area contributed by atoms with Crippen molar-refractivity contribution in [2.24, 2.45) is 0 Å². The maximum atomic E-state index is 13.8. The van der Waals surface area contributed by atoms with Crippen LogP contribution in [0.2, 0.25) is 5.02 Å². The number of carbonyl (C=O) groups excluding carboxylic acids is 1. The second-order valence-electron chi connectivity index (χ2n) is 4.25. The summed E-state index contributed by atoms with van der Waals surface area (Å²) >= 11 is 5.77. The summed E-state index contributed by atoms with van der Waals surface area (Å²) in [6.07, 6.45) is -0.128. The molecule has 0 heterocycles. The van der Waals surface area contributed by atoms with Gasteiger partial charge in [-0.3, -0.25) is 4.79 Å². The first-order valence-corrected chi connectivity index (χ1v) is 6.09. The van der Waals surface area contributed by atoms with Gasteiger partial charge >= 0.3 is 0 Å². The van der Waals surface area contributed by atoms with Gasteiger partial charge in [0.25, 0.3) is 0 Å². The molecule has 0 spiro atoms. The minimum absolute atomic E-state index is 0.000304. The van der Waals surface area contributed by atoms with Crippen molar-refractivity contribution in [1.29, 1.82) is 0 Å². The van der Waals surface area contributed by atoms with Crippen LogP contribution in [0.3, 0.4) is 0 Å². The lowest BCUT2D eigenvalue weighted by atomic mass is 10.0. The Labute approximate surface area is 114 Å². The molecule has 0 saturated carbocycles. The van der Waals surface area contributed by atoms with Crippen LogP contribution in [0.4, 0.5) is 8.78 Å². The van der Waals surface area contributed by atoms with Gasteiger partial charge in [0.05, 0.1) is 10.6 Å². The zero-order valence-electron chi connectivity index (χ0n) is 10.2. The third-order valence-corrected chi connectivity index (χ3v) is 3.30. The number of hydrogen-bond acceptors (Lipinski definition) is 1. The summed E-state index contributed by atoms with van der Waals surface area (Å²) in [7, 11) is 0. The van der Waals surface area contributed by atoms with Gasteiger partial charge < -0.3 is 0 Å². The van der Waals surface area contributed by atoms with Crippen LogP contribution in [0, 0.1) is 18.6 Å². The summed E-state index contributed by atoms with van der Waals surface area (Å²) in [6, 6.07) is 8.84. The zero-order valence-corrected chi connectivity index (χ0v) is 11.0. The number of carbonyl (C=O) groups is 1. The van der Waals surface area contributed by atoms with Crippen LogP contribution in [-0.4, -0.2) is 5.78 Å². The quantitative estimate of drug-likeness (QED) is 0.764. The Hall–Kier alpha value is -1.74. The van der Waals surface area contributed by atoms with Crippen LogP contribution in [0.25, 0.3) is 0 Å². The lowest BCUT2D eigenvalue weighted by Gasteiger charge is -2.06. The van der Waals surface area contributed by atoms with Crippen LogP contribution < -0.4 is 0 Å². The van der Waals surface area contributed by atoms with Crippen LogP contribution in [-0.2, 0) is 6.42 Å². The van der Waals surface area contributed by atoms with Gasteiger partial charge in [0.2, 0.25) is 0 Å². The van der Waals surface area contributed by atoms with Crippen molar-refractivity contribution in [2.75, 3.05) is 0 Å². The molecule has 2 rings (SSSR count). The number of Topliss-reactive ketones (excluding diaryl/α,β-unsaturated/α-hetero) is 1. The smallest absolute Gasteiger partial charge is 0.170 e.